The number of halogens is 2. The molecule has 0 aliphatic carbocycles. The van der Waals surface area contributed by atoms with Crippen molar-refractivity contribution in [1.29, 1.82) is 0 Å². The first-order chi connectivity index (χ1) is 9.51. The van der Waals surface area contributed by atoms with Gasteiger partial charge in [0.15, 0.2) is 0 Å². The zero-order valence-corrected chi connectivity index (χ0v) is 12.1. The molecule has 2 nitrogen and oxygen atoms in total. The van der Waals surface area contributed by atoms with E-state index >= 15 is 0 Å². The zero-order valence-electron chi connectivity index (χ0n) is 11.4. The minimum absolute atomic E-state index is 0.0659. The van der Waals surface area contributed by atoms with Crippen molar-refractivity contribution in [3.8, 4) is 5.75 Å². The Morgan fingerprint density at radius 2 is 2.00 bits per heavy atom. The van der Waals surface area contributed by atoms with E-state index in [-0.39, 0.29) is 5.02 Å². The number of rotatable bonds is 4. The molecule has 106 valence electrons. The standard InChI is InChI=1S/C16H16ClFO2/c1-10-3-5-12(9-16(10)20-2)15(19)8-11-4-6-14(18)13(17)7-11/h3-7,9,15,19H,8H2,1-2H3. The molecule has 0 aromatic heterocycles. The summed E-state index contributed by atoms with van der Waals surface area (Å²) in [6, 6.07) is 10.0. The summed E-state index contributed by atoms with van der Waals surface area (Å²) >= 11 is 5.74. The van der Waals surface area contributed by atoms with E-state index in [0.717, 1.165) is 22.4 Å². The molecule has 0 saturated carbocycles. The van der Waals surface area contributed by atoms with Gasteiger partial charge in [-0.05, 0) is 41.8 Å². The first-order valence-corrected chi connectivity index (χ1v) is 6.65. The molecule has 0 fully saturated rings. The van der Waals surface area contributed by atoms with Crippen LogP contribution < -0.4 is 4.74 Å². The van der Waals surface area contributed by atoms with Gasteiger partial charge in [0.25, 0.3) is 0 Å². The molecule has 1 N–H and O–H groups in total. The van der Waals surface area contributed by atoms with Gasteiger partial charge in [0.1, 0.15) is 11.6 Å². The number of aliphatic hydroxyl groups excluding tert-OH is 1. The third-order valence-corrected chi connectivity index (χ3v) is 3.52. The van der Waals surface area contributed by atoms with E-state index in [0.29, 0.717) is 6.42 Å². The molecule has 0 spiro atoms. The van der Waals surface area contributed by atoms with Gasteiger partial charge in [-0.15, -0.1) is 0 Å². The lowest BCUT2D eigenvalue weighted by molar-refractivity contribution is 0.178. The Morgan fingerprint density at radius 3 is 2.65 bits per heavy atom. The largest absolute Gasteiger partial charge is 0.496 e. The summed E-state index contributed by atoms with van der Waals surface area (Å²) in [4.78, 5) is 0. The minimum atomic E-state index is -0.689. The Labute approximate surface area is 122 Å². The third-order valence-electron chi connectivity index (χ3n) is 3.23. The van der Waals surface area contributed by atoms with Gasteiger partial charge in [0.05, 0.1) is 18.2 Å². The van der Waals surface area contributed by atoms with Crippen LogP contribution in [0.4, 0.5) is 4.39 Å². The van der Waals surface area contributed by atoms with Crippen LogP contribution in [0.3, 0.4) is 0 Å². The Kier molecular flexibility index (Phi) is 4.63. The maximum Gasteiger partial charge on any atom is 0.141 e. The van der Waals surface area contributed by atoms with Crippen LogP contribution in [-0.2, 0) is 6.42 Å². The topological polar surface area (TPSA) is 29.5 Å². The van der Waals surface area contributed by atoms with Crippen LogP contribution in [0.25, 0.3) is 0 Å². The third kappa shape index (κ3) is 3.30. The molecule has 20 heavy (non-hydrogen) atoms. The molecule has 1 unspecified atom stereocenters. The molecular weight excluding hydrogens is 279 g/mol. The van der Waals surface area contributed by atoms with Crippen molar-refractivity contribution < 1.29 is 14.2 Å². The van der Waals surface area contributed by atoms with E-state index in [9.17, 15) is 9.50 Å². The van der Waals surface area contributed by atoms with Crippen molar-refractivity contribution in [2.45, 2.75) is 19.4 Å². The molecule has 0 bridgehead atoms. The van der Waals surface area contributed by atoms with Gasteiger partial charge in [0, 0.05) is 6.42 Å². The maximum atomic E-state index is 13.1. The highest BCUT2D eigenvalue weighted by atomic mass is 35.5. The second kappa shape index (κ2) is 6.25. The van der Waals surface area contributed by atoms with Crippen LogP contribution in [0.5, 0.6) is 5.75 Å². The molecule has 0 amide bonds. The fraction of sp³-hybridized carbons (Fsp3) is 0.250. The Hall–Kier alpha value is -1.58. The Bertz CT molecular complexity index is 613. The lowest BCUT2D eigenvalue weighted by Gasteiger charge is -2.14. The van der Waals surface area contributed by atoms with Crippen molar-refractivity contribution >= 4 is 11.6 Å². The quantitative estimate of drug-likeness (QED) is 0.921. The first kappa shape index (κ1) is 14.8. The van der Waals surface area contributed by atoms with Gasteiger partial charge in [-0.3, -0.25) is 0 Å². The van der Waals surface area contributed by atoms with Crippen LogP contribution in [0.15, 0.2) is 36.4 Å². The van der Waals surface area contributed by atoms with E-state index < -0.39 is 11.9 Å². The van der Waals surface area contributed by atoms with Crippen molar-refractivity contribution in [3.05, 3.63) is 63.9 Å². The van der Waals surface area contributed by atoms with Crippen molar-refractivity contribution in [2.75, 3.05) is 7.11 Å². The van der Waals surface area contributed by atoms with Gasteiger partial charge in [-0.25, -0.2) is 4.39 Å². The number of aliphatic hydroxyl groups is 1. The van der Waals surface area contributed by atoms with Crippen molar-refractivity contribution in [1.82, 2.24) is 0 Å². The average Bonchev–Trinajstić information content (AvgIpc) is 2.43. The van der Waals surface area contributed by atoms with E-state index in [2.05, 4.69) is 0 Å². The second-order valence-electron chi connectivity index (χ2n) is 4.70. The lowest BCUT2D eigenvalue weighted by atomic mass is 10.00. The fourth-order valence-electron chi connectivity index (χ4n) is 2.05. The monoisotopic (exact) mass is 294 g/mol. The summed E-state index contributed by atoms with van der Waals surface area (Å²) in [5.41, 5.74) is 2.55. The smallest absolute Gasteiger partial charge is 0.141 e. The minimum Gasteiger partial charge on any atom is -0.496 e. The zero-order chi connectivity index (χ0) is 14.7. The number of hydrogen-bond acceptors (Lipinski definition) is 2. The Morgan fingerprint density at radius 1 is 1.25 bits per heavy atom. The van der Waals surface area contributed by atoms with E-state index in [1.807, 2.05) is 25.1 Å². The van der Waals surface area contributed by atoms with Gasteiger partial charge in [-0.2, -0.15) is 0 Å². The van der Waals surface area contributed by atoms with Crippen LogP contribution in [0, 0.1) is 12.7 Å². The van der Waals surface area contributed by atoms with Gasteiger partial charge < -0.3 is 9.84 Å². The lowest BCUT2D eigenvalue weighted by Crippen LogP contribution is -2.03. The van der Waals surface area contributed by atoms with Crippen molar-refractivity contribution in [3.63, 3.8) is 0 Å². The van der Waals surface area contributed by atoms with Crippen LogP contribution in [0.2, 0.25) is 5.02 Å². The molecular formula is C16H16ClFO2. The predicted molar refractivity (Wildman–Crippen MR) is 77.8 cm³/mol. The molecule has 2 aromatic carbocycles. The molecule has 2 aromatic rings. The number of hydrogen-bond donors (Lipinski definition) is 1. The highest BCUT2D eigenvalue weighted by molar-refractivity contribution is 6.30. The maximum absolute atomic E-state index is 13.1. The first-order valence-electron chi connectivity index (χ1n) is 6.28. The second-order valence-corrected chi connectivity index (χ2v) is 5.10. The summed E-state index contributed by atoms with van der Waals surface area (Å²) in [7, 11) is 1.60. The van der Waals surface area contributed by atoms with Gasteiger partial charge in [0.2, 0.25) is 0 Å². The Balaban J connectivity index is 2.19. The van der Waals surface area contributed by atoms with Gasteiger partial charge in [-0.1, -0.05) is 29.8 Å². The summed E-state index contributed by atoms with van der Waals surface area (Å²) in [6.45, 7) is 1.94. The summed E-state index contributed by atoms with van der Waals surface area (Å²) in [6.07, 6.45) is -0.322. The molecule has 1 atom stereocenters. The molecule has 0 aliphatic rings. The molecule has 0 aliphatic heterocycles. The highest BCUT2D eigenvalue weighted by Gasteiger charge is 2.12. The number of ether oxygens (including phenoxy) is 1. The summed E-state index contributed by atoms with van der Waals surface area (Å²) in [5.74, 6) is 0.278. The highest BCUT2D eigenvalue weighted by Crippen LogP contribution is 2.26. The number of aryl methyl sites for hydroxylation is 1. The van der Waals surface area contributed by atoms with E-state index in [1.54, 1.807) is 13.2 Å². The van der Waals surface area contributed by atoms with Crippen LogP contribution in [-0.4, -0.2) is 12.2 Å². The molecule has 2 rings (SSSR count). The van der Waals surface area contributed by atoms with Crippen LogP contribution in [0.1, 0.15) is 22.8 Å². The number of benzene rings is 2. The molecule has 4 heteroatoms. The molecule has 0 heterocycles. The average molecular weight is 295 g/mol. The van der Waals surface area contributed by atoms with E-state index in [4.69, 9.17) is 16.3 Å². The predicted octanol–water partition coefficient (Wildman–Crippen LogP) is 4.07. The summed E-state index contributed by atoms with van der Waals surface area (Å²) < 4.78 is 18.3. The fourth-order valence-corrected chi connectivity index (χ4v) is 2.25. The normalized spacial score (nSPS) is 12.2. The van der Waals surface area contributed by atoms with Gasteiger partial charge >= 0.3 is 0 Å². The van der Waals surface area contributed by atoms with Crippen LogP contribution >= 0.6 is 11.6 Å². The van der Waals surface area contributed by atoms with E-state index in [1.165, 1.54) is 12.1 Å². The molecule has 0 radical (unpaired) electrons. The van der Waals surface area contributed by atoms with Crippen molar-refractivity contribution in [2.24, 2.45) is 0 Å². The SMILES string of the molecule is COc1cc(C(O)Cc2ccc(F)c(Cl)c2)ccc1C. The number of methoxy groups -OCH3 is 1. The summed E-state index contributed by atoms with van der Waals surface area (Å²) in [5, 5.41) is 10.3. The molecule has 0 saturated heterocycles.